The summed E-state index contributed by atoms with van der Waals surface area (Å²) in [6.07, 6.45) is 1.51. The van der Waals surface area contributed by atoms with Gasteiger partial charge < -0.3 is 14.8 Å². The van der Waals surface area contributed by atoms with E-state index >= 15 is 0 Å². The molecule has 5 rings (SSSR count). The zero-order valence-corrected chi connectivity index (χ0v) is 25.3. The lowest BCUT2D eigenvalue weighted by Gasteiger charge is -2.13. The monoisotopic (exact) mass is 664 g/mol. The van der Waals surface area contributed by atoms with E-state index in [1.54, 1.807) is 36.4 Å². The fraction of sp³-hybridized carbons (Fsp3) is 0.0645. The molecule has 0 spiro atoms. The van der Waals surface area contributed by atoms with Crippen LogP contribution in [0.25, 0.3) is 11.3 Å². The highest BCUT2D eigenvalue weighted by molar-refractivity contribution is 9.10. The Morgan fingerprint density at radius 1 is 1.05 bits per heavy atom. The Morgan fingerprint density at radius 3 is 2.50 bits per heavy atom. The summed E-state index contributed by atoms with van der Waals surface area (Å²) in [5.41, 5.74) is 7.06. The van der Waals surface area contributed by atoms with Crippen LogP contribution in [0, 0.1) is 5.82 Å². The van der Waals surface area contributed by atoms with Gasteiger partial charge >= 0.3 is 0 Å². The van der Waals surface area contributed by atoms with E-state index in [-0.39, 0.29) is 18.3 Å². The number of hydrazone groups is 1. The van der Waals surface area contributed by atoms with E-state index in [0.717, 1.165) is 27.6 Å². The molecule has 1 heterocycles. The Labute approximate surface area is 259 Å². The second kappa shape index (κ2) is 13.6. The highest BCUT2D eigenvalue weighted by Gasteiger charge is 2.11. The number of benzene rings is 4. The maximum atomic E-state index is 13.1. The van der Waals surface area contributed by atoms with Gasteiger partial charge in [-0.3, -0.25) is 4.79 Å². The number of hydrogen-bond acceptors (Lipinski definition) is 7. The number of halogens is 3. The lowest BCUT2D eigenvalue weighted by Crippen LogP contribution is -2.17. The Hall–Kier alpha value is -4.25. The molecule has 1 amide bonds. The van der Waals surface area contributed by atoms with Crippen LogP contribution in [0.5, 0.6) is 11.5 Å². The van der Waals surface area contributed by atoms with E-state index in [1.807, 2.05) is 41.8 Å². The van der Waals surface area contributed by atoms with Gasteiger partial charge in [0, 0.05) is 37.3 Å². The predicted molar refractivity (Wildman–Crippen MR) is 169 cm³/mol. The minimum Gasteiger partial charge on any atom is -0.493 e. The van der Waals surface area contributed by atoms with Crippen LogP contribution in [0.4, 0.5) is 15.2 Å². The van der Waals surface area contributed by atoms with Gasteiger partial charge in [-0.05, 0) is 82.2 Å². The third-order valence-electron chi connectivity index (χ3n) is 6.00. The Morgan fingerprint density at radius 2 is 1.79 bits per heavy atom. The number of nitrogens with zero attached hydrogens (tertiary/aromatic N) is 2. The summed E-state index contributed by atoms with van der Waals surface area (Å²) in [5.74, 6) is 0.323. The zero-order chi connectivity index (χ0) is 29.5. The fourth-order valence-electron chi connectivity index (χ4n) is 3.80. The minimum atomic E-state index is -0.358. The van der Waals surface area contributed by atoms with Gasteiger partial charge in [0.1, 0.15) is 12.4 Å². The summed E-state index contributed by atoms with van der Waals surface area (Å²) in [7, 11) is 1.53. The summed E-state index contributed by atoms with van der Waals surface area (Å²) in [4.78, 5) is 17.3. The van der Waals surface area contributed by atoms with Crippen LogP contribution >= 0.6 is 38.9 Å². The van der Waals surface area contributed by atoms with Gasteiger partial charge in [0.25, 0.3) is 5.91 Å². The fourth-order valence-corrected chi connectivity index (χ4v) is 5.09. The number of methoxy groups -OCH3 is 1. The highest BCUT2D eigenvalue weighted by atomic mass is 79.9. The second-order valence-electron chi connectivity index (χ2n) is 8.89. The van der Waals surface area contributed by atoms with Gasteiger partial charge in [-0.15, -0.1) is 11.3 Å². The van der Waals surface area contributed by atoms with E-state index in [9.17, 15) is 9.18 Å². The third kappa shape index (κ3) is 7.52. The van der Waals surface area contributed by atoms with Crippen LogP contribution in [0.15, 0.2) is 99.9 Å². The van der Waals surface area contributed by atoms with E-state index in [1.165, 1.54) is 36.8 Å². The number of carbonyl (C=O) groups excluding carboxylic acids is 1. The quantitative estimate of drug-likeness (QED) is 0.116. The molecule has 42 heavy (non-hydrogen) atoms. The third-order valence-corrected chi connectivity index (χ3v) is 7.70. The number of amides is 1. The molecule has 5 aromatic rings. The first kappa shape index (κ1) is 29.2. The van der Waals surface area contributed by atoms with Crippen molar-refractivity contribution < 1.29 is 18.7 Å². The average molecular weight is 666 g/mol. The topological polar surface area (TPSA) is 84.8 Å². The van der Waals surface area contributed by atoms with Crippen molar-refractivity contribution in [3.05, 3.63) is 122 Å². The second-order valence-corrected chi connectivity index (χ2v) is 11.0. The molecule has 0 saturated carbocycles. The molecule has 2 N–H and O–H groups in total. The summed E-state index contributed by atoms with van der Waals surface area (Å²) in [6.45, 7) is 0.245. The van der Waals surface area contributed by atoms with Gasteiger partial charge in [0.15, 0.2) is 16.6 Å². The summed E-state index contributed by atoms with van der Waals surface area (Å²) < 4.78 is 25.2. The normalized spacial score (nSPS) is 11.0. The smallest absolute Gasteiger partial charge is 0.271 e. The van der Waals surface area contributed by atoms with Gasteiger partial charge in [-0.1, -0.05) is 35.9 Å². The predicted octanol–water partition coefficient (Wildman–Crippen LogP) is 8.46. The van der Waals surface area contributed by atoms with Crippen molar-refractivity contribution in [3.63, 3.8) is 0 Å². The molecule has 4 aromatic carbocycles. The average Bonchev–Trinajstić information content (AvgIpc) is 3.47. The number of carbonyl (C=O) groups is 1. The number of hydrogen-bond donors (Lipinski definition) is 2. The van der Waals surface area contributed by atoms with Crippen LogP contribution in [-0.4, -0.2) is 24.2 Å². The first-order valence-corrected chi connectivity index (χ1v) is 14.6. The molecule has 0 saturated heterocycles. The molecule has 0 unspecified atom stereocenters. The van der Waals surface area contributed by atoms with E-state index in [0.29, 0.717) is 32.1 Å². The summed E-state index contributed by atoms with van der Waals surface area (Å²) in [6, 6.07) is 24.1. The number of aromatic nitrogens is 1. The zero-order valence-electron chi connectivity index (χ0n) is 22.1. The van der Waals surface area contributed by atoms with Crippen LogP contribution in [0.1, 0.15) is 21.5 Å². The van der Waals surface area contributed by atoms with Gasteiger partial charge in [-0.25, -0.2) is 14.8 Å². The molecule has 0 radical (unpaired) electrons. The van der Waals surface area contributed by atoms with Gasteiger partial charge in [-0.2, -0.15) is 5.10 Å². The summed E-state index contributed by atoms with van der Waals surface area (Å²) >= 11 is 10.9. The standard InChI is InChI=1S/C31H23BrClFN4O3S/c1-40-28-14-22(26(32)15-29(28)41-17-19-2-10-24(34)11-3-19)16-35-38-30(39)21-6-4-20(5-7-21)27-18-42-31(37-27)36-25-12-8-23(33)9-13-25/h2-16,18H,17H2,1H3,(H,36,37)(H,38,39)/b35-16-. The van der Waals surface area contributed by atoms with Gasteiger partial charge in [0.2, 0.25) is 0 Å². The van der Waals surface area contributed by atoms with Crippen LogP contribution in [0.2, 0.25) is 5.02 Å². The van der Waals surface area contributed by atoms with E-state index in [4.69, 9.17) is 21.1 Å². The van der Waals surface area contributed by atoms with Crippen LogP contribution in [-0.2, 0) is 6.61 Å². The van der Waals surface area contributed by atoms with Crippen molar-refractivity contribution in [2.75, 3.05) is 12.4 Å². The van der Waals surface area contributed by atoms with Crippen molar-refractivity contribution in [2.45, 2.75) is 6.61 Å². The molecule has 0 aliphatic rings. The number of ether oxygens (including phenoxy) is 2. The minimum absolute atomic E-state index is 0.245. The van der Waals surface area contributed by atoms with Crippen molar-refractivity contribution in [2.24, 2.45) is 5.10 Å². The molecule has 0 aliphatic carbocycles. The first-order valence-electron chi connectivity index (χ1n) is 12.5. The molecule has 11 heteroatoms. The maximum Gasteiger partial charge on any atom is 0.271 e. The lowest BCUT2D eigenvalue weighted by atomic mass is 10.1. The molecule has 1 aromatic heterocycles. The number of nitrogens with one attached hydrogen (secondary N) is 2. The molecule has 7 nitrogen and oxygen atoms in total. The molecule has 0 fully saturated rings. The Kier molecular flexibility index (Phi) is 9.48. The largest absolute Gasteiger partial charge is 0.493 e. The van der Waals surface area contributed by atoms with Crippen LogP contribution in [0.3, 0.4) is 0 Å². The van der Waals surface area contributed by atoms with Crippen molar-refractivity contribution >= 4 is 61.8 Å². The van der Waals surface area contributed by atoms with E-state index in [2.05, 4.69) is 36.8 Å². The molecular weight excluding hydrogens is 643 g/mol. The van der Waals surface area contributed by atoms with E-state index < -0.39 is 0 Å². The molecule has 212 valence electrons. The Bertz CT molecular complexity index is 1710. The number of rotatable bonds is 10. The van der Waals surface area contributed by atoms with Crippen molar-refractivity contribution in [3.8, 4) is 22.8 Å². The Balaban J connectivity index is 1.18. The first-order chi connectivity index (χ1) is 20.4. The highest BCUT2D eigenvalue weighted by Crippen LogP contribution is 2.33. The van der Waals surface area contributed by atoms with Crippen molar-refractivity contribution in [1.29, 1.82) is 0 Å². The molecule has 0 bridgehead atoms. The van der Waals surface area contributed by atoms with Crippen molar-refractivity contribution in [1.82, 2.24) is 10.4 Å². The summed E-state index contributed by atoms with van der Waals surface area (Å²) in [5, 5.41) is 10.7. The van der Waals surface area contributed by atoms with Gasteiger partial charge in [0.05, 0.1) is 19.0 Å². The molecule has 0 atom stereocenters. The van der Waals surface area contributed by atoms with Crippen LogP contribution < -0.4 is 20.2 Å². The molecule has 0 aliphatic heterocycles. The maximum absolute atomic E-state index is 13.1. The molecular formula is C31H23BrClFN4O3S. The SMILES string of the molecule is COc1cc(/C=N\NC(=O)c2ccc(-c3csc(Nc4ccc(Cl)cc4)n3)cc2)c(Br)cc1OCc1ccc(F)cc1. The lowest BCUT2D eigenvalue weighted by molar-refractivity contribution is 0.0955. The number of thiazole rings is 1. The number of anilines is 2.